The second-order valence-electron chi connectivity index (χ2n) is 5.22. The molecular weight excluding hydrogens is 249 g/mol. The second-order valence-corrected chi connectivity index (χ2v) is 5.22. The van der Waals surface area contributed by atoms with E-state index in [0.29, 0.717) is 0 Å². The standard InChI is InChI=1S/C18H18FN/c1-3-14-5-4-6-15-9-10-20(18(14)15)12-16-7-8-17(19)11-13(16)2/h4-11H,3,12H2,1-2H3. The molecule has 20 heavy (non-hydrogen) atoms. The Bertz CT molecular complexity index is 755. The van der Waals surface area contributed by atoms with Crippen molar-refractivity contribution in [3.63, 3.8) is 0 Å². The van der Waals surface area contributed by atoms with Gasteiger partial charge in [0, 0.05) is 12.7 Å². The number of hydrogen-bond acceptors (Lipinski definition) is 0. The molecule has 0 radical (unpaired) electrons. The molecule has 102 valence electrons. The minimum absolute atomic E-state index is 0.169. The third-order valence-corrected chi connectivity index (χ3v) is 3.90. The van der Waals surface area contributed by atoms with Crippen LogP contribution >= 0.6 is 0 Å². The number of halogens is 1. The maximum atomic E-state index is 13.2. The smallest absolute Gasteiger partial charge is 0.123 e. The van der Waals surface area contributed by atoms with E-state index >= 15 is 0 Å². The molecule has 1 heterocycles. The van der Waals surface area contributed by atoms with Crippen molar-refractivity contribution in [2.45, 2.75) is 26.8 Å². The van der Waals surface area contributed by atoms with Gasteiger partial charge >= 0.3 is 0 Å². The highest BCUT2D eigenvalue weighted by atomic mass is 19.1. The lowest BCUT2D eigenvalue weighted by atomic mass is 10.1. The van der Waals surface area contributed by atoms with E-state index in [1.54, 1.807) is 6.07 Å². The Labute approximate surface area is 118 Å². The van der Waals surface area contributed by atoms with Crippen molar-refractivity contribution in [1.29, 1.82) is 0 Å². The predicted octanol–water partition coefficient (Wildman–Crippen LogP) is 4.70. The summed E-state index contributed by atoms with van der Waals surface area (Å²) in [5.74, 6) is -0.169. The number of rotatable bonds is 3. The highest BCUT2D eigenvalue weighted by molar-refractivity contribution is 5.83. The zero-order chi connectivity index (χ0) is 14.1. The molecule has 3 aromatic rings. The zero-order valence-electron chi connectivity index (χ0n) is 11.9. The molecule has 0 aliphatic rings. The number of hydrogen-bond donors (Lipinski definition) is 0. The van der Waals surface area contributed by atoms with E-state index < -0.39 is 0 Å². The van der Waals surface area contributed by atoms with Crippen molar-refractivity contribution >= 4 is 10.9 Å². The van der Waals surface area contributed by atoms with Crippen molar-refractivity contribution < 1.29 is 4.39 Å². The van der Waals surface area contributed by atoms with Gasteiger partial charge in [0.25, 0.3) is 0 Å². The third-order valence-electron chi connectivity index (χ3n) is 3.90. The van der Waals surface area contributed by atoms with Gasteiger partial charge in [-0.05, 0) is 53.6 Å². The maximum Gasteiger partial charge on any atom is 0.123 e. The molecule has 1 nitrogen and oxygen atoms in total. The van der Waals surface area contributed by atoms with Gasteiger partial charge in [-0.1, -0.05) is 31.2 Å². The van der Waals surface area contributed by atoms with E-state index in [9.17, 15) is 4.39 Å². The molecule has 0 aliphatic heterocycles. The Kier molecular flexibility index (Phi) is 3.31. The zero-order valence-corrected chi connectivity index (χ0v) is 11.9. The van der Waals surface area contributed by atoms with Crippen LogP contribution < -0.4 is 0 Å². The van der Waals surface area contributed by atoms with Crippen molar-refractivity contribution in [1.82, 2.24) is 4.57 Å². The fraction of sp³-hybridized carbons (Fsp3) is 0.222. The number of aryl methyl sites for hydroxylation is 2. The lowest BCUT2D eigenvalue weighted by molar-refractivity contribution is 0.625. The van der Waals surface area contributed by atoms with Crippen molar-refractivity contribution in [2.24, 2.45) is 0 Å². The Morgan fingerprint density at radius 2 is 1.90 bits per heavy atom. The summed E-state index contributed by atoms with van der Waals surface area (Å²) >= 11 is 0. The van der Waals surface area contributed by atoms with Crippen molar-refractivity contribution in [2.75, 3.05) is 0 Å². The van der Waals surface area contributed by atoms with Crippen LogP contribution in [0.25, 0.3) is 10.9 Å². The molecule has 0 spiro atoms. The number of nitrogens with zero attached hydrogens (tertiary/aromatic N) is 1. The van der Waals surface area contributed by atoms with Crippen LogP contribution in [-0.2, 0) is 13.0 Å². The molecule has 0 amide bonds. The number of para-hydroxylation sites is 1. The number of fused-ring (bicyclic) bond motifs is 1. The molecule has 1 aromatic heterocycles. The fourth-order valence-electron chi connectivity index (χ4n) is 2.78. The molecule has 0 bridgehead atoms. The summed E-state index contributed by atoms with van der Waals surface area (Å²) in [7, 11) is 0. The molecular formula is C18H18FN. The van der Waals surface area contributed by atoms with E-state index in [1.165, 1.54) is 22.5 Å². The molecule has 0 N–H and O–H groups in total. The highest BCUT2D eigenvalue weighted by Gasteiger charge is 2.07. The molecule has 0 fully saturated rings. The van der Waals surface area contributed by atoms with Gasteiger partial charge in [0.15, 0.2) is 0 Å². The summed E-state index contributed by atoms with van der Waals surface area (Å²) in [5.41, 5.74) is 4.81. The summed E-state index contributed by atoms with van der Waals surface area (Å²) in [4.78, 5) is 0. The van der Waals surface area contributed by atoms with Gasteiger partial charge in [-0.2, -0.15) is 0 Å². The van der Waals surface area contributed by atoms with Crippen LogP contribution in [0.4, 0.5) is 4.39 Å². The first-order valence-corrected chi connectivity index (χ1v) is 7.01. The third kappa shape index (κ3) is 2.22. The first kappa shape index (κ1) is 12.9. The lowest BCUT2D eigenvalue weighted by Gasteiger charge is -2.11. The molecule has 0 atom stereocenters. The van der Waals surface area contributed by atoms with E-state index in [2.05, 4.69) is 42.0 Å². The molecule has 2 heteroatoms. The molecule has 0 unspecified atom stereocenters. The topological polar surface area (TPSA) is 4.93 Å². The summed E-state index contributed by atoms with van der Waals surface area (Å²) in [6.45, 7) is 4.92. The van der Waals surface area contributed by atoms with Crippen molar-refractivity contribution in [3.8, 4) is 0 Å². The molecule has 3 rings (SSSR count). The first-order chi connectivity index (χ1) is 9.69. The summed E-state index contributed by atoms with van der Waals surface area (Å²) < 4.78 is 15.4. The Hall–Kier alpha value is -2.09. The largest absolute Gasteiger partial charge is 0.343 e. The van der Waals surface area contributed by atoms with Gasteiger partial charge in [-0.15, -0.1) is 0 Å². The lowest BCUT2D eigenvalue weighted by Crippen LogP contribution is -2.02. The van der Waals surface area contributed by atoms with Crippen LogP contribution in [0, 0.1) is 12.7 Å². The van der Waals surface area contributed by atoms with Crippen molar-refractivity contribution in [3.05, 3.63) is 71.2 Å². The normalized spacial score (nSPS) is 11.2. The summed E-state index contributed by atoms with van der Waals surface area (Å²) in [5, 5.41) is 1.27. The van der Waals surface area contributed by atoms with Crippen LogP contribution in [0.2, 0.25) is 0 Å². The Balaban J connectivity index is 2.06. The van der Waals surface area contributed by atoms with Gasteiger partial charge in [0.05, 0.1) is 5.52 Å². The molecule has 0 saturated carbocycles. The fourth-order valence-corrected chi connectivity index (χ4v) is 2.78. The van der Waals surface area contributed by atoms with Crippen LogP contribution in [0.5, 0.6) is 0 Å². The molecule has 0 saturated heterocycles. The first-order valence-electron chi connectivity index (χ1n) is 7.01. The average Bonchev–Trinajstić information content (AvgIpc) is 2.85. The van der Waals surface area contributed by atoms with Crippen LogP contribution in [0.3, 0.4) is 0 Å². The highest BCUT2D eigenvalue weighted by Crippen LogP contribution is 2.23. The van der Waals surface area contributed by atoms with E-state index in [0.717, 1.165) is 24.1 Å². The number of benzene rings is 2. The maximum absolute atomic E-state index is 13.2. The van der Waals surface area contributed by atoms with Gasteiger partial charge in [0.2, 0.25) is 0 Å². The van der Waals surface area contributed by atoms with Gasteiger partial charge in [0.1, 0.15) is 5.82 Å². The minimum Gasteiger partial charge on any atom is -0.343 e. The predicted molar refractivity (Wildman–Crippen MR) is 81.6 cm³/mol. The van der Waals surface area contributed by atoms with Crippen LogP contribution in [0.1, 0.15) is 23.6 Å². The van der Waals surface area contributed by atoms with E-state index in [4.69, 9.17) is 0 Å². The monoisotopic (exact) mass is 267 g/mol. The minimum atomic E-state index is -0.169. The van der Waals surface area contributed by atoms with Crippen LogP contribution in [0.15, 0.2) is 48.7 Å². The molecule has 2 aromatic carbocycles. The quantitative estimate of drug-likeness (QED) is 0.648. The van der Waals surface area contributed by atoms with Gasteiger partial charge < -0.3 is 4.57 Å². The summed E-state index contributed by atoms with van der Waals surface area (Å²) in [6.07, 6.45) is 3.14. The van der Waals surface area contributed by atoms with Crippen LogP contribution in [-0.4, -0.2) is 4.57 Å². The SMILES string of the molecule is CCc1cccc2ccn(Cc3ccc(F)cc3C)c12. The van der Waals surface area contributed by atoms with E-state index in [-0.39, 0.29) is 5.82 Å². The van der Waals surface area contributed by atoms with Gasteiger partial charge in [-0.25, -0.2) is 4.39 Å². The summed E-state index contributed by atoms with van der Waals surface area (Å²) in [6, 6.07) is 13.6. The van der Waals surface area contributed by atoms with Gasteiger partial charge in [-0.3, -0.25) is 0 Å². The molecule has 0 aliphatic carbocycles. The Morgan fingerprint density at radius 3 is 2.65 bits per heavy atom. The average molecular weight is 267 g/mol. The Morgan fingerprint density at radius 1 is 1.05 bits per heavy atom. The second kappa shape index (κ2) is 5.12. The van der Waals surface area contributed by atoms with E-state index in [1.807, 2.05) is 13.0 Å². The number of aromatic nitrogens is 1.